The van der Waals surface area contributed by atoms with Gasteiger partial charge in [0.05, 0.1) is 17.6 Å². The zero-order chi connectivity index (χ0) is 20.1. The molecule has 154 valence electrons. The molecule has 0 bridgehead atoms. The van der Waals surface area contributed by atoms with Crippen LogP contribution in [0.4, 0.5) is 16.0 Å². The van der Waals surface area contributed by atoms with Crippen molar-refractivity contribution in [2.45, 2.75) is 19.0 Å². The second-order valence-electron chi connectivity index (χ2n) is 8.13. The molecule has 5 heterocycles. The van der Waals surface area contributed by atoms with Gasteiger partial charge in [-0.1, -0.05) is 12.1 Å². The van der Waals surface area contributed by atoms with Gasteiger partial charge in [0.15, 0.2) is 17.1 Å². The normalized spacial score (nSPS) is 20.5. The summed E-state index contributed by atoms with van der Waals surface area (Å²) >= 11 is 0. The van der Waals surface area contributed by atoms with E-state index >= 15 is 0 Å². The van der Waals surface area contributed by atoms with Crippen molar-refractivity contribution in [3.8, 4) is 0 Å². The standard InChI is InChI=1S/C22H24FN7/c23-15-8-12-29(14-15)21-22-25-16-4-1-2-5-18(16)30(22)20-17(26-21)6-7-19(27-20)28-11-3-9-24-10-13-28/h1-2,4-7,15,24H,3,8-14H2/t15-/m0/s1. The van der Waals surface area contributed by atoms with Gasteiger partial charge in [0.2, 0.25) is 0 Å². The van der Waals surface area contributed by atoms with Crippen LogP contribution < -0.4 is 15.1 Å². The molecule has 2 aliphatic heterocycles. The molecular formula is C22H24FN7. The third kappa shape index (κ3) is 2.86. The van der Waals surface area contributed by atoms with Crippen molar-refractivity contribution in [3.05, 3.63) is 36.4 Å². The highest BCUT2D eigenvalue weighted by molar-refractivity contribution is 5.91. The predicted octanol–water partition coefficient (Wildman–Crippen LogP) is 2.78. The first-order valence-electron chi connectivity index (χ1n) is 10.7. The lowest BCUT2D eigenvalue weighted by Gasteiger charge is -2.22. The Bertz CT molecular complexity index is 1230. The topological polar surface area (TPSA) is 61.6 Å². The SMILES string of the molecule is F[C@H]1CCN(c2nc3ccc(N4CCCNCC4)nc3n3c2nc2ccccc23)C1. The molecule has 2 fully saturated rings. The second kappa shape index (κ2) is 7.05. The molecule has 1 aromatic carbocycles. The molecule has 0 spiro atoms. The smallest absolute Gasteiger partial charge is 0.183 e. The van der Waals surface area contributed by atoms with Gasteiger partial charge in [0.25, 0.3) is 0 Å². The maximum absolute atomic E-state index is 14.0. The molecule has 0 unspecified atom stereocenters. The Morgan fingerprint density at radius 2 is 1.80 bits per heavy atom. The lowest BCUT2D eigenvalue weighted by molar-refractivity contribution is 0.364. The number of nitrogens with zero attached hydrogens (tertiary/aromatic N) is 6. The number of benzene rings is 1. The number of para-hydroxylation sites is 2. The number of imidazole rings is 1. The van der Waals surface area contributed by atoms with Gasteiger partial charge in [-0.25, -0.2) is 19.3 Å². The maximum atomic E-state index is 14.0. The molecule has 1 N–H and O–H groups in total. The first kappa shape index (κ1) is 17.8. The van der Waals surface area contributed by atoms with E-state index in [-0.39, 0.29) is 0 Å². The van der Waals surface area contributed by atoms with Crippen LogP contribution in [-0.2, 0) is 0 Å². The Morgan fingerprint density at radius 1 is 0.867 bits per heavy atom. The Morgan fingerprint density at radius 3 is 2.70 bits per heavy atom. The monoisotopic (exact) mass is 405 g/mol. The van der Waals surface area contributed by atoms with E-state index in [1.165, 1.54) is 0 Å². The van der Waals surface area contributed by atoms with Crippen molar-refractivity contribution < 1.29 is 4.39 Å². The molecule has 2 aliphatic rings. The largest absolute Gasteiger partial charge is 0.355 e. The number of hydrogen-bond donors (Lipinski definition) is 1. The van der Waals surface area contributed by atoms with Gasteiger partial charge in [-0.2, -0.15) is 0 Å². The number of alkyl halides is 1. The molecule has 1 atom stereocenters. The van der Waals surface area contributed by atoms with Gasteiger partial charge in [0, 0.05) is 26.2 Å². The highest BCUT2D eigenvalue weighted by Gasteiger charge is 2.27. The van der Waals surface area contributed by atoms with Gasteiger partial charge in [-0.3, -0.25) is 4.40 Å². The van der Waals surface area contributed by atoms with Crippen molar-refractivity contribution in [1.82, 2.24) is 24.7 Å². The number of halogens is 1. The number of aromatic nitrogens is 4. The van der Waals surface area contributed by atoms with Crippen molar-refractivity contribution in [2.24, 2.45) is 0 Å². The summed E-state index contributed by atoms with van der Waals surface area (Å²) in [4.78, 5) is 19.1. The molecule has 2 saturated heterocycles. The van der Waals surface area contributed by atoms with E-state index in [9.17, 15) is 4.39 Å². The Balaban J connectivity index is 1.59. The number of hydrogen-bond acceptors (Lipinski definition) is 6. The summed E-state index contributed by atoms with van der Waals surface area (Å²) in [5, 5.41) is 3.44. The van der Waals surface area contributed by atoms with E-state index in [0.717, 1.165) is 72.1 Å². The molecule has 7 nitrogen and oxygen atoms in total. The number of pyridine rings is 1. The van der Waals surface area contributed by atoms with Gasteiger partial charge in [-0.05, 0) is 43.7 Å². The number of nitrogens with one attached hydrogen (secondary N) is 1. The van der Waals surface area contributed by atoms with Crippen LogP contribution in [0.15, 0.2) is 36.4 Å². The molecule has 8 heteroatoms. The van der Waals surface area contributed by atoms with E-state index in [0.29, 0.717) is 19.5 Å². The fourth-order valence-corrected chi connectivity index (χ4v) is 4.61. The van der Waals surface area contributed by atoms with Crippen LogP contribution in [-0.4, -0.2) is 64.8 Å². The number of anilines is 2. The average Bonchev–Trinajstić information content (AvgIpc) is 3.27. The van der Waals surface area contributed by atoms with Crippen molar-refractivity contribution in [2.75, 3.05) is 49.1 Å². The minimum atomic E-state index is -0.816. The lowest BCUT2D eigenvalue weighted by Crippen LogP contribution is -2.28. The summed E-state index contributed by atoms with van der Waals surface area (Å²) in [5.74, 6) is 1.71. The Kier molecular flexibility index (Phi) is 4.19. The highest BCUT2D eigenvalue weighted by Crippen LogP contribution is 2.31. The summed E-state index contributed by atoms with van der Waals surface area (Å²) in [6, 6.07) is 12.2. The summed E-state index contributed by atoms with van der Waals surface area (Å²) in [7, 11) is 0. The Labute approximate surface area is 173 Å². The molecule has 0 amide bonds. The molecule has 6 rings (SSSR count). The lowest BCUT2D eigenvalue weighted by atomic mass is 10.3. The zero-order valence-electron chi connectivity index (χ0n) is 16.8. The van der Waals surface area contributed by atoms with Crippen LogP contribution in [0.1, 0.15) is 12.8 Å². The first-order chi connectivity index (χ1) is 14.8. The fraction of sp³-hybridized carbons (Fsp3) is 0.409. The molecule has 3 aromatic heterocycles. The van der Waals surface area contributed by atoms with Gasteiger partial charge < -0.3 is 15.1 Å². The molecule has 30 heavy (non-hydrogen) atoms. The van der Waals surface area contributed by atoms with Crippen LogP contribution in [0.3, 0.4) is 0 Å². The third-order valence-electron chi connectivity index (χ3n) is 6.13. The van der Waals surface area contributed by atoms with Gasteiger partial charge in [0.1, 0.15) is 17.5 Å². The number of fused-ring (bicyclic) bond motifs is 5. The molecule has 0 aliphatic carbocycles. The first-order valence-corrected chi connectivity index (χ1v) is 10.7. The average molecular weight is 405 g/mol. The zero-order valence-corrected chi connectivity index (χ0v) is 16.8. The van der Waals surface area contributed by atoms with Gasteiger partial charge in [-0.15, -0.1) is 0 Å². The van der Waals surface area contributed by atoms with Gasteiger partial charge >= 0.3 is 0 Å². The van der Waals surface area contributed by atoms with Crippen LogP contribution in [0.5, 0.6) is 0 Å². The van der Waals surface area contributed by atoms with Crippen LogP contribution >= 0.6 is 0 Å². The second-order valence-corrected chi connectivity index (χ2v) is 8.13. The van der Waals surface area contributed by atoms with Crippen molar-refractivity contribution in [3.63, 3.8) is 0 Å². The van der Waals surface area contributed by atoms with Crippen molar-refractivity contribution in [1.29, 1.82) is 0 Å². The molecule has 4 aromatic rings. The van der Waals surface area contributed by atoms with Crippen LogP contribution in [0.2, 0.25) is 0 Å². The van der Waals surface area contributed by atoms with Crippen LogP contribution in [0.25, 0.3) is 27.8 Å². The maximum Gasteiger partial charge on any atom is 0.183 e. The molecular weight excluding hydrogens is 381 g/mol. The minimum absolute atomic E-state index is 0.365. The van der Waals surface area contributed by atoms with E-state index < -0.39 is 6.17 Å². The van der Waals surface area contributed by atoms with E-state index in [2.05, 4.69) is 26.8 Å². The summed E-state index contributed by atoms with van der Waals surface area (Å²) in [6.07, 6.45) is 0.815. The van der Waals surface area contributed by atoms with E-state index in [4.69, 9.17) is 15.0 Å². The summed E-state index contributed by atoms with van der Waals surface area (Å²) < 4.78 is 16.0. The third-order valence-corrected chi connectivity index (χ3v) is 6.13. The number of rotatable bonds is 2. The highest BCUT2D eigenvalue weighted by atomic mass is 19.1. The van der Waals surface area contributed by atoms with Crippen LogP contribution in [0, 0.1) is 0 Å². The summed E-state index contributed by atoms with van der Waals surface area (Å²) in [5.41, 5.74) is 4.25. The fourth-order valence-electron chi connectivity index (χ4n) is 4.61. The summed E-state index contributed by atoms with van der Waals surface area (Å²) in [6.45, 7) is 4.94. The minimum Gasteiger partial charge on any atom is -0.355 e. The van der Waals surface area contributed by atoms with E-state index in [1.54, 1.807) is 0 Å². The Hall–Kier alpha value is -3.00. The quantitative estimate of drug-likeness (QED) is 0.553. The molecule has 0 saturated carbocycles. The van der Waals surface area contributed by atoms with Crippen molar-refractivity contribution >= 4 is 39.5 Å². The molecule has 0 radical (unpaired) electrons. The van der Waals surface area contributed by atoms with E-state index in [1.807, 2.05) is 29.2 Å². The predicted molar refractivity (Wildman–Crippen MR) is 117 cm³/mol.